The van der Waals surface area contributed by atoms with Crippen LogP contribution in [0.25, 0.3) is 0 Å². The molecule has 0 saturated carbocycles. The first kappa shape index (κ1) is 9.61. The highest BCUT2D eigenvalue weighted by Crippen LogP contribution is 2.24. The van der Waals surface area contributed by atoms with Crippen LogP contribution in [0.3, 0.4) is 0 Å². The number of aromatic nitrogens is 2. The summed E-state index contributed by atoms with van der Waals surface area (Å²) in [6.45, 7) is 0.537. The van der Waals surface area contributed by atoms with E-state index in [4.69, 9.17) is 18.0 Å². The highest BCUT2D eigenvalue weighted by atomic mass is 35.5. The molecule has 0 radical (unpaired) electrons. The number of rotatable bonds is 2. The van der Waals surface area contributed by atoms with E-state index in [-0.39, 0.29) is 0 Å². The van der Waals surface area contributed by atoms with Crippen molar-refractivity contribution in [1.82, 2.24) is 9.78 Å². The van der Waals surface area contributed by atoms with Crippen LogP contribution in [0.15, 0.2) is 0 Å². The van der Waals surface area contributed by atoms with Gasteiger partial charge in [0.15, 0.2) is 0 Å². The molecule has 1 aliphatic rings. The number of fused-ring (bicyclic) bond motifs is 1. The van der Waals surface area contributed by atoms with Crippen molar-refractivity contribution in [2.75, 3.05) is 0 Å². The van der Waals surface area contributed by atoms with Crippen molar-refractivity contribution < 1.29 is 0 Å². The molecular weight excluding hydrogens is 196 g/mol. The molecule has 1 aliphatic carbocycles. The first-order chi connectivity index (χ1) is 6.86. The quantitative estimate of drug-likeness (QED) is 0.538. The van der Waals surface area contributed by atoms with Gasteiger partial charge in [-0.25, -0.2) is 0 Å². The second-order valence-electron chi connectivity index (χ2n) is 3.57. The van der Waals surface area contributed by atoms with E-state index < -0.39 is 0 Å². The van der Waals surface area contributed by atoms with Crippen LogP contribution in [0.5, 0.6) is 0 Å². The van der Waals surface area contributed by atoms with Crippen molar-refractivity contribution in [2.24, 2.45) is 0 Å². The molecule has 0 amide bonds. The highest BCUT2D eigenvalue weighted by Gasteiger charge is 2.19. The number of hydrogen-bond acceptors (Lipinski definition) is 1. The minimum Gasteiger partial charge on any atom is -0.256 e. The number of halogens is 1. The Kier molecular flexibility index (Phi) is 2.79. The van der Waals surface area contributed by atoms with Crippen LogP contribution in [0, 0.1) is 12.3 Å². The standard InChI is InChI=1S/C11H13ClN2/c1-2-7-14-11(8-12)9-5-3-4-6-10(9)13-14/h1H,3-8H2. The van der Waals surface area contributed by atoms with Crippen molar-refractivity contribution in [1.29, 1.82) is 0 Å². The number of aryl methyl sites for hydroxylation is 1. The molecule has 2 nitrogen and oxygen atoms in total. The Morgan fingerprint density at radius 1 is 1.43 bits per heavy atom. The Bertz CT molecular complexity index is 373. The Morgan fingerprint density at radius 2 is 2.21 bits per heavy atom. The van der Waals surface area contributed by atoms with E-state index in [2.05, 4.69) is 11.0 Å². The van der Waals surface area contributed by atoms with Crippen molar-refractivity contribution in [2.45, 2.75) is 38.1 Å². The smallest absolute Gasteiger partial charge is 0.102 e. The van der Waals surface area contributed by atoms with Gasteiger partial charge in [0.1, 0.15) is 6.54 Å². The third kappa shape index (κ3) is 1.53. The summed E-state index contributed by atoms with van der Waals surface area (Å²) in [4.78, 5) is 0. The van der Waals surface area contributed by atoms with E-state index in [1.807, 2.05) is 4.68 Å². The third-order valence-corrected chi connectivity index (χ3v) is 2.96. The van der Waals surface area contributed by atoms with Gasteiger partial charge in [0.2, 0.25) is 0 Å². The summed E-state index contributed by atoms with van der Waals surface area (Å²) in [6.07, 6.45) is 9.97. The lowest BCUT2D eigenvalue weighted by Crippen LogP contribution is -2.03. The van der Waals surface area contributed by atoms with Crippen molar-refractivity contribution in [3.63, 3.8) is 0 Å². The van der Waals surface area contributed by atoms with Gasteiger partial charge in [-0.15, -0.1) is 18.0 Å². The molecule has 0 bridgehead atoms. The molecule has 0 saturated heterocycles. The lowest BCUT2D eigenvalue weighted by molar-refractivity contribution is 0.652. The Balaban J connectivity index is 2.42. The molecule has 2 rings (SSSR count). The van der Waals surface area contributed by atoms with Gasteiger partial charge in [-0.2, -0.15) is 5.10 Å². The fraction of sp³-hybridized carbons (Fsp3) is 0.545. The zero-order valence-corrected chi connectivity index (χ0v) is 8.85. The Labute approximate surface area is 89.3 Å². The van der Waals surface area contributed by atoms with Crippen LogP contribution in [-0.2, 0) is 25.3 Å². The fourth-order valence-corrected chi connectivity index (χ4v) is 2.34. The predicted octanol–water partition coefficient (Wildman–Crippen LogP) is 2.13. The topological polar surface area (TPSA) is 17.8 Å². The first-order valence-electron chi connectivity index (χ1n) is 4.93. The van der Waals surface area contributed by atoms with E-state index in [9.17, 15) is 0 Å². The molecule has 0 fully saturated rings. The zero-order valence-electron chi connectivity index (χ0n) is 8.09. The molecule has 0 aliphatic heterocycles. The number of hydrogen-bond donors (Lipinski definition) is 0. The lowest BCUT2D eigenvalue weighted by atomic mass is 9.96. The van der Waals surface area contributed by atoms with Crippen LogP contribution in [0.1, 0.15) is 29.8 Å². The molecule has 74 valence electrons. The van der Waals surface area contributed by atoms with E-state index >= 15 is 0 Å². The highest BCUT2D eigenvalue weighted by molar-refractivity contribution is 6.17. The van der Waals surface area contributed by atoms with E-state index in [1.54, 1.807) is 0 Å². The van der Waals surface area contributed by atoms with Gasteiger partial charge in [0.25, 0.3) is 0 Å². The summed E-state index contributed by atoms with van der Waals surface area (Å²) >= 11 is 5.92. The summed E-state index contributed by atoms with van der Waals surface area (Å²) in [5.74, 6) is 3.13. The van der Waals surface area contributed by atoms with Crippen molar-refractivity contribution >= 4 is 11.6 Å². The van der Waals surface area contributed by atoms with Crippen molar-refractivity contribution in [3.05, 3.63) is 17.0 Å². The molecule has 0 atom stereocenters. The molecule has 14 heavy (non-hydrogen) atoms. The van der Waals surface area contributed by atoms with Gasteiger partial charge in [0, 0.05) is 0 Å². The normalized spacial score (nSPS) is 14.9. The first-order valence-corrected chi connectivity index (χ1v) is 5.47. The summed E-state index contributed by atoms with van der Waals surface area (Å²) in [6, 6.07) is 0. The largest absolute Gasteiger partial charge is 0.256 e. The van der Waals surface area contributed by atoms with Gasteiger partial charge in [-0.1, -0.05) is 5.92 Å². The van der Waals surface area contributed by atoms with Crippen LogP contribution >= 0.6 is 11.6 Å². The number of alkyl halides is 1. The molecule has 0 aromatic carbocycles. The zero-order chi connectivity index (χ0) is 9.97. The summed E-state index contributed by atoms with van der Waals surface area (Å²) in [7, 11) is 0. The number of terminal acetylenes is 1. The molecule has 1 aromatic heterocycles. The van der Waals surface area contributed by atoms with Crippen molar-refractivity contribution in [3.8, 4) is 12.3 Å². The van der Waals surface area contributed by atoms with Gasteiger partial charge in [0.05, 0.1) is 17.3 Å². The monoisotopic (exact) mass is 208 g/mol. The summed E-state index contributed by atoms with van der Waals surface area (Å²) < 4.78 is 1.88. The van der Waals surface area contributed by atoms with E-state index in [1.165, 1.54) is 24.1 Å². The van der Waals surface area contributed by atoms with Gasteiger partial charge >= 0.3 is 0 Å². The molecule has 0 unspecified atom stereocenters. The summed E-state index contributed by atoms with van der Waals surface area (Å²) in [5.41, 5.74) is 3.68. The second kappa shape index (κ2) is 4.06. The summed E-state index contributed by atoms with van der Waals surface area (Å²) in [5, 5.41) is 4.50. The molecular formula is C11H13ClN2. The van der Waals surface area contributed by atoms with Crippen LogP contribution < -0.4 is 0 Å². The van der Waals surface area contributed by atoms with Crippen LogP contribution in [0.2, 0.25) is 0 Å². The average molecular weight is 209 g/mol. The molecule has 1 heterocycles. The minimum atomic E-state index is 0.518. The number of nitrogens with zero attached hydrogens (tertiary/aromatic N) is 2. The van der Waals surface area contributed by atoms with Crippen LogP contribution in [-0.4, -0.2) is 9.78 Å². The second-order valence-corrected chi connectivity index (χ2v) is 3.84. The third-order valence-electron chi connectivity index (χ3n) is 2.71. The fourth-order valence-electron chi connectivity index (χ4n) is 2.04. The molecule has 1 aromatic rings. The van der Waals surface area contributed by atoms with Gasteiger partial charge in [-0.3, -0.25) is 4.68 Å². The predicted molar refractivity (Wildman–Crippen MR) is 57.3 cm³/mol. The SMILES string of the molecule is C#CCn1nc2c(c1CCl)CCCC2. The minimum absolute atomic E-state index is 0.518. The van der Waals surface area contributed by atoms with E-state index in [0.717, 1.165) is 18.5 Å². The maximum absolute atomic E-state index is 5.92. The van der Waals surface area contributed by atoms with E-state index in [0.29, 0.717) is 12.4 Å². The lowest BCUT2D eigenvalue weighted by Gasteiger charge is -2.09. The molecule has 0 N–H and O–H groups in total. The maximum atomic E-state index is 5.92. The van der Waals surface area contributed by atoms with Gasteiger partial charge < -0.3 is 0 Å². The molecule has 3 heteroatoms. The Morgan fingerprint density at radius 3 is 2.93 bits per heavy atom. The Hall–Kier alpha value is -0.940. The maximum Gasteiger partial charge on any atom is 0.102 e. The van der Waals surface area contributed by atoms with Gasteiger partial charge in [-0.05, 0) is 31.2 Å². The average Bonchev–Trinajstić information content (AvgIpc) is 2.55. The molecule has 0 spiro atoms. The van der Waals surface area contributed by atoms with Crippen LogP contribution in [0.4, 0.5) is 0 Å².